The number of aromatic amines is 1. The topological polar surface area (TPSA) is 68.6 Å². The molecule has 142 valence electrons. The van der Waals surface area contributed by atoms with E-state index in [4.69, 9.17) is 9.47 Å². The first kappa shape index (κ1) is 18.3. The lowest BCUT2D eigenvalue weighted by Gasteiger charge is -2.10. The minimum Gasteiger partial charge on any atom is -0.496 e. The van der Waals surface area contributed by atoms with Crippen molar-refractivity contribution in [2.75, 3.05) is 14.2 Å². The lowest BCUT2D eigenvalue weighted by Crippen LogP contribution is -2.15. The molecule has 4 aromatic rings. The van der Waals surface area contributed by atoms with E-state index in [1.54, 1.807) is 32.2 Å². The van der Waals surface area contributed by atoms with Gasteiger partial charge in [-0.25, -0.2) is 0 Å². The molecule has 0 unspecified atom stereocenters. The molecule has 0 amide bonds. The van der Waals surface area contributed by atoms with Crippen LogP contribution in [0.4, 0.5) is 0 Å². The van der Waals surface area contributed by atoms with Gasteiger partial charge >= 0.3 is 0 Å². The van der Waals surface area contributed by atoms with Gasteiger partial charge in [-0.05, 0) is 29.8 Å². The second-order valence-electron chi connectivity index (χ2n) is 6.17. The van der Waals surface area contributed by atoms with Crippen molar-refractivity contribution in [2.45, 2.75) is 16.4 Å². The van der Waals surface area contributed by atoms with E-state index in [0.29, 0.717) is 17.9 Å². The van der Waals surface area contributed by atoms with Crippen molar-refractivity contribution < 1.29 is 9.47 Å². The van der Waals surface area contributed by atoms with Gasteiger partial charge in [0.15, 0.2) is 0 Å². The Balaban J connectivity index is 1.76. The zero-order valence-corrected chi connectivity index (χ0v) is 16.3. The number of fused-ring (bicyclic) bond motifs is 1. The highest BCUT2D eigenvalue weighted by molar-refractivity contribution is 7.99. The molecule has 0 aliphatic rings. The number of hydrogen-bond donors (Lipinski definition) is 1. The third-order valence-corrected chi connectivity index (χ3v) is 5.37. The molecule has 4 rings (SSSR count). The zero-order chi connectivity index (χ0) is 19.5. The summed E-state index contributed by atoms with van der Waals surface area (Å²) in [6.45, 7) is 0.326. The molecule has 0 saturated carbocycles. The van der Waals surface area contributed by atoms with Crippen molar-refractivity contribution in [3.63, 3.8) is 0 Å². The number of ether oxygens (including phenoxy) is 2. The van der Waals surface area contributed by atoms with E-state index in [1.807, 2.05) is 36.4 Å². The number of H-pyrrole nitrogens is 1. The predicted molar refractivity (Wildman–Crippen MR) is 109 cm³/mol. The zero-order valence-electron chi connectivity index (χ0n) is 15.5. The van der Waals surface area contributed by atoms with Crippen LogP contribution < -0.4 is 10.3 Å². The van der Waals surface area contributed by atoms with E-state index in [2.05, 4.69) is 22.2 Å². The summed E-state index contributed by atoms with van der Waals surface area (Å²) in [6, 6.07) is 17.6. The Morgan fingerprint density at radius 3 is 2.68 bits per heavy atom. The van der Waals surface area contributed by atoms with Gasteiger partial charge in [0.25, 0.3) is 5.56 Å². The molecule has 2 aromatic heterocycles. The number of nitrogens with zero attached hydrogens (tertiary/aromatic N) is 2. The molecule has 0 spiro atoms. The number of rotatable bonds is 6. The van der Waals surface area contributed by atoms with Gasteiger partial charge in [-0.1, -0.05) is 36.0 Å². The Kier molecular flexibility index (Phi) is 5.18. The summed E-state index contributed by atoms with van der Waals surface area (Å²) in [6.07, 6.45) is 1.68. The summed E-state index contributed by atoms with van der Waals surface area (Å²) in [5.41, 5.74) is 2.87. The van der Waals surface area contributed by atoms with Crippen molar-refractivity contribution in [2.24, 2.45) is 0 Å². The van der Waals surface area contributed by atoms with Gasteiger partial charge < -0.3 is 14.5 Å². The van der Waals surface area contributed by atoms with Crippen LogP contribution in [0, 0.1) is 0 Å². The summed E-state index contributed by atoms with van der Waals surface area (Å²) >= 11 is 1.64. The van der Waals surface area contributed by atoms with Gasteiger partial charge in [0.1, 0.15) is 11.4 Å². The maximum absolute atomic E-state index is 12.3. The summed E-state index contributed by atoms with van der Waals surface area (Å²) in [7, 11) is 3.25. The third kappa shape index (κ3) is 3.54. The molecule has 0 radical (unpaired) electrons. The predicted octanol–water partition coefficient (Wildman–Crippen LogP) is 4.00. The Morgan fingerprint density at radius 1 is 1.11 bits per heavy atom. The van der Waals surface area contributed by atoms with Crippen LogP contribution in [-0.2, 0) is 11.3 Å². The Bertz CT molecular complexity index is 1170. The van der Waals surface area contributed by atoms with Crippen molar-refractivity contribution in [3.8, 4) is 16.9 Å². The first-order chi connectivity index (χ1) is 13.7. The van der Waals surface area contributed by atoms with Gasteiger partial charge in [0, 0.05) is 29.3 Å². The molecule has 28 heavy (non-hydrogen) atoms. The maximum Gasteiger partial charge on any atom is 0.274 e. The Labute approximate surface area is 166 Å². The van der Waals surface area contributed by atoms with Crippen molar-refractivity contribution >= 4 is 17.4 Å². The molecular weight excluding hydrogens is 374 g/mol. The van der Waals surface area contributed by atoms with E-state index >= 15 is 0 Å². The molecule has 0 atom stereocenters. The normalized spacial score (nSPS) is 11.1. The average Bonchev–Trinajstić information content (AvgIpc) is 3.14. The number of methoxy groups -OCH3 is 2. The van der Waals surface area contributed by atoms with Crippen LogP contribution in [0.25, 0.3) is 16.8 Å². The smallest absolute Gasteiger partial charge is 0.274 e. The molecule has 0 saturated heterocycles. The SMILES string of the molecule is COCc1cc(=O)n2ncc(-c3ccc(Sc4ccccc4)c(OC)c3)c2[nH]1. The fourth-order valence-electron chi connectivity index (χ4n) is 3.01. The van der Waals surface area contributed by atoms with E-state index in [1.165, 1.54) is 10.6 Å². The van der Waals surface area contributed by atoms with Crippen LogP contribution in [-0.4, -0.2) is 28.8 Å². The molecule has 0 bridgehead atoms. The van der Waals surface area contributed by atoms with Crippen molar-refractivity contribution in [1.29, 1.82) is 0 Å². The molecule has 0 fully saturated rings. The van der Waals surface area contributed by atoms with E-state index < -0.39 is 0 Å². The van der Waals surface area contributed by atoms with Gasteiger partial charge in [-0.2, -0.15) is 9.61 Å². The van der Waals surface area contributed by atoms with Crippen molar-refractivity contribution in [1.82, 2.24) is 14.6 Å². The fraction of sp³-hybridized carbons (Fsp3) is 0.143. The molecule has 7 heteroatoms. The van der Waals surface area contributed by atoms with Crippen LogP contribution in [0.2, 0.25) is 0 Å². The van der Waals surface area contributed by atoms with Crippen molar-refractivity contribution in [3.05, 3.63) is 76.8 Å². The van der Waals surface area contributed by atoms with Gasteiger partial charge in [-0.3, -0.25) is 4.79 Å². The van der Waals surface area contributed by atoms with Crippen LogP contribution in [0.3, 0.4) is 0 Å². The van der Waals surface area contributed by atoms with Crippen LogP contribution in [0.15, 0.2) is 75.4 Å². The van der Waals surface area contributed by atoms with E-state index in [0.717, 1.165) is 26.7 Å². The minimum atomic E-state index is -0.199. The molecule has 0 aliphatic carbocycles. The summed E-state index contributed by atoms with van der Waals surface area (Å²) in [4.78, 5) is 17.7. The second-order valence-corrected chi connectivity index (χ2v) is 7.28. The Hall–Kier alpha value is -3.03. The largest absolute Gasteiger partial charge is 0.496 e. The number of nitrogens with one attached hydrogen (secondary N) is 1. The first-order valence-electron chi connectivity index (χ1n) is 8.70. The minimum absolute atomic E-state index is 0.199. The highest BCUT2D eigenvalue weighted by Crippen LogP contribution is 2.38. The molecule has 2 aromatic carbocycles. The van der Waals surface area contributed by atoms with Crippen LogP contribution in [0.1, 0.15) is 5.69 Å². The van der Waals surface area contributed by atoms with E-state index in [9.17, 15) is 4.79 Å². The molecular formula is C21H19N3O3S. The van der Waals surface area contributed by atoms with Gasteiger partial charge in [0.2, 0.25) is 0 Å². The summed E-state index contributed by atoms with van der Waals surface area (Å²) in [5, 5.41) is 4.23. The maximum atomic E-state index is 12.3. The second kappa shape index (κ2) is 7.92. The monoisotopic (exact) mass is 393 g/mol. The van der Waals surface area contributed by atoms with Crippen LogP contribution >= 0.6 is 11.8 Å². The third-order valence-electron chi connectivity index (χ3n) is 4.30. The lowest BCUT2D eigenvalue weighted by molar-refractivity contribution is 0.181. The molecule has 6 nitrogen and oxygen atoms in total. The standard InChI is InChI=1S/C21H19N3O3S/c1-26-13-15-11-20(25)24-21(23-15)17(12-22-24)14-8-9-19(18(10-14)27-2)28-16-6-4-3-5-7-16/h3-12,23H,13H2,1-2H3. The number of benzene rings is 2. The fourth-order valence-corrected chi connectivity index (χ4v) is 3.94. The van der Waals surface area contributed by atoms with Gasteiger partial charge in [0.05, 0.1) is 24.8 Å². The highest BCUT2D eigenvalue weighted by atomic mass is 32.2. The first-order valence-corrected chi connectivity index (χ1v) is 9.51. The highest BCUT2D eigenvalue weighted by Gasteiger charge is 2.13. The Morgan fingerprint density at radius 2 is 1.93 bits per heavy atom. The number of hydrogen-bond acceptors (Lipinski definition) is 5. The van der Waals surface area contributed by atoms with Crippen LogP contribution in [0.5, 0.6) is 5.75 Å². The summed E-state index contributed by atoms with van der Waals surface area (Å²) < 4.78 is 12.1. The lowest BCUT2D eigenvalue weighted by atomic mass is 10.1. The molecule has 0 aliphatic heterocycles. The van der Waals surface area contributed by atoms with E-state index in [-0.39, 0.29) is 5.56 Å². The average molecular weight is 393 g/mol. The quantitative estimate of drug-likeness (QED) is 0.536. The summed E-state index contributed by atoms with van der Waals surface area (Å²) in [5.74, 6) is 0.765. The molecule has 1 N–H and O–H groups in total. The molecule has 2 heterocycles. The number of aromatic nitrogens is 3. The van der Waals surface area contributed by atoms with Gasteiger partial charge in [-0.15, -0.1) is 0 Å².